The van der Waals surface area contributed by atoms with Gasteiger partial charge in [0.05, 0.1) is 6.04 Å². The first-order chi connectivity index (χ1) is 27.5. The lowest BCUT2D eigenvalue weighted by molar-refractivity contribution is -0.161. The van der Waals surface area contributed by atoms with E-state index in [-0.39, 0.29) is 75.0 Å². The van der Waals surface area contributed by atoms with Crippen LogP contribution in [0.25, 0.3) is 0 Å². The highest BCUT2D eigenvalue weighted by atomic mass is 16.6. The van der Waals surface area contributed by atoms with Crippen molar-refractivity contribution < 1.29 is 57.3 Å². The fourth-order valence-corrected chi connectivity index (χ4v) is 5.34. The van der Waals surface area contributed by atoms with E-state index in [1.54, 1.807) is 83.1 Å². The smallest absolute Gasteiger partial charge is 0.329 e. The Morgan fingerprint density at radius 2 is 0.800 bits per heavy atom. The van der Waals surface area contributed by atoms with E-state index >= 15 is 0 Å². The molecule has 17 heteroatoms. The van der Waals surface area contributed by atoms with Crippen molar-refractivity contribution in [1.29, 1.82) is 0 Å². The van der Waals surface area contributed by atoms with Crippen molar-refractivity contribution in [3.05, 3.63) is 0 Å². The Bertz CT molecular complexity index is 1410. The van der Waals surface area contributed by atoms with Crippen LogP contribution in [0.5, 0.6) is 0 Å². The number of hydrogen-bond acceptors (Lipinski definition) is 13. The van der Waals surface area contributed by atoms with Gasteiger partial charge in [-0.05, 0) is 128 Å². The molecule has 0 aliphatic carbocycles. The number of rotatable bonds is 26. The maximum Gasteiger partial charge on any atom is 0.329 e. The van der Waals surface area contributed by atoms with Gasteiger partial charge < -0.3 is 45.9 Å². The van der Waals surface area contributed by atoms with Gasteiger partial charge in [-0.1, -0.05) is 12.8 Å². The highest BCUT2D eigenvalue weighted by molar-refractivity contribution is 5.86. The number of ether oxygens (including phenoxy) is 4. The van der Waals surface area contributed by atoms with Crippen molar-refractivity contribution in [1.82, 2.24) is 21.3 Å². The number of carbonyl (C=O) groups excluding carboxylic acids is 8. The molecular weight excluding hydrogens is 778 g/mol. The molecule has 3 atom stereocenters. The average Bonchev–Trinajstić information content (AvgIpc) is 3.07. The first-order valence-corrected chi connectivity index (χ1v) is 21.2. The van der Waals surface area contributed by atoms with E-state index in [2.05, 4.69) is 21.3 Å². The van der Waals surface area contributed by atoms with Gasteiger partial charge in [-0.3, -0.25) is 28.8 Å². The quantitative estimate of drug-likeness (QED) is 0.0462. The summed E-state index contributed by atoms with van der Waals surface area (Å²) < 4.78 is 21.5. The molecule has 60 heavy (non-hydrogen) atoms. The second kappa shape index (κ2) is 26.8. The molecule has 0 aromatic carbocycles. The Morgan fingerprint density at radius 1 is 0.433 bits per heavy atom. The van der Waals surface area contributed by atoms with Gasteiger partial charge in [0, 0.05) is 45.2 Å². The minimum atomic E-state index is -1.00. The van der Waals surface area contributed by atoms with Gasteiger partial charge in [-0.15, -0.1) is 0 Å². The standard InChI is InChI=1S/C43H77N5O12/c1-40(2,3)57-35(52)25-22-30(38(55)59-42(7,8)9)47-33(50)19-15-13-17-27-45-32(49)24-21-29(44)37(54)46-28-18-14-16-20-34(51)48-31(39(56)60-43(10,11)12)23-26-36(53)58-41(4,5)6/h29-31H,13-28,44H2,1-12H3,(H,45,49)(H,46,54)(H,47,50)(H,48,51). The molecule has 0 bridgehead atoms. The average molecular weight is 856 g/mol. The molecule has 0 aromatic rings. The van der Waals surface area contributed by atoms with Crippen molar-refractivity contribution in [2.75, 3.05) is 13.1 Å². The maximum atomic E-state index is 12.7. The van der Waals surface area contributed by atoms with Gasteiger partial charge in [0.15, 0.2) is 0 Å². The number of esters is 4. The molecule has 17 nitrogen and oxygen atoms in total. The molecule has 0 heterocycles. The lowest BCUT2D eigenvalue weighted by Crippen LogP contribution is -2.44. The van der Waals surface area contributed by atoms with Crippen molar-refractivity contribution in [2.45, 2.75) is 214 Å². The second-order valence-electron chi connectivity index (χ2n) is 19.0. The molecule has 0 radical (unpaired) electrons. The summed E-state index contributed by atoms with van der Waals surface area (Å²) in [5, 5.41) is 10.9. The summed E-state index contributed by atoms with van der Waals surface area (Å²) in [6.07, 6.45) is 3.90. The first kappa shape index (κ1) is 55.7. The van der Waals surface area contributed by atoms with Gasteiger partial charge in [-0.2, -0.15) is 0 Å². The van der Waals surface area contributed by atoms with Crippen molar-refractivity contribution in [3.8, 4) is 0 Å². The van der Waals surface area contributed by atoms with Gasteiger partial charge >= 0.3 is 23.9 Å². The van der Waals surface area contributed by atoms with E-state index < -0.39 is 64.4 Å². The summed E-state index contributed by atoms with van der Waals surface area (Å²) >= 11 is 0. The summed E-state index contributed by atoms with van der Waals surface area (Å²) in [6, 6.07) is -2.88. The van der Waals surface area contributed by atoms with Crippen LogP contribution in [0, 0.1) is 0 Å². The number of amides is 4. The minimum Gasteiger partial charge on any atom is -0.460 e. The molecule has 4 amide bonds. The highest BCUT2D eigenvalue weighted by Crippen LogP contribution is 2.16. The Balaban J connectivity index is 4.44. The molecule has 0 spiro atoms. The Hall–Kier alpha value is -4.28. The zero-order chi connectivity index (χ0) is 46.3. The predicted molar refractivity (Wildman–Crippen MR) is 226 cm³/mol. The zero-order valence-corrected chi connectivity index (χ0v) is 38.5. The monoisotopic (exact) mass is 856 g/mol. The van der Waals surface area contributed by atoms with Crippen LogP contribution >= 0.6 is 0 Å². The molecular formula is C43H77N5O12. The normalized spacial score (nSPS) is 13.5. The minimum absolute atomic E-state index is 0.0365. The van der Waals surface area contributed by atoms with E-state index in [4.69, 9.17) is 24.7 Å². The van der Waals surface area contributed by atoms with Crippen LogP contribution in [-0.4, -0.2) is 101 Å². The van der Waals surface area contributed by atoms with Gasteiger partial charge in [-0.25, -0.2) is 9.59 Å². The molecule has 3 unspecified atom stereocenters. The van der Waals surface area contributed by atoms with E-state index in [1.807, 2.05) is 0 Å². The summed E-state index contributed by atoms with van der Waals surface area (Å²) in [5.41, 5.74) is 3.10. The van der Waals surface area contributed by atoms with Crippen LogP contribution in [0.1, 0.15) is 173 Å². The Labute approximate surface area is 357 Å². The van der Waals surface area contributed by atoms with Crippen molar-refractivity contribution >= 4 is 47.5 Å². The summed E-state index contributed by atoms with van der Waals surface area (Å²) in [4.78, 5) is 99.9. The van der Waals surface area contributed by atoms with E-state index in [0.717, 1.165) is 0 Å². The summed E-state index contributed by atoms with van der Waals surface area (Å²) in [7, 11) is 0. The molecule has 0 aliphatic rings. The molecule has 6 N–H and O–H groups in total. The topological polar surface area (TPSA) is 248 Å². The molecule has 0 aromatic heterocycles. The SMILES string of the molecule is CC(C)(C)OC(=O)CCC(NC(=O)CCCCCNC(=O)CCC(N)C(=O)NCCCCCC(=O)NC(CCC(=O)OC(C)(C)C)C(=O)OC(C)(C)C)C(=O)OC(C)(C)C. The van der Waals surface area contributed by atoms with Crippen molar-refractivity contribution in [2.24, 2.45) is 5.73 Å². The number of hydrogen-bond donors (Lipinski definition) is 5. The third-order valence-electron chi connectivity index (χ3n) is 7.97. The molecule has 0 fully saturated rings. The van der Waals surface area contributed by atoms with Crippen molar-refractivity contribution in [3.63, 3.8) is 0 Å². The van der Waals surface area contributed by atoms with Crippen LogP contribution in [0.2, 0.25) is 0 Å². The third-order valence-corrected chi connectivity index (χ3v) is 7.97. The molecule has 0 saturated heterocycles. The fourth-order valence-electron chi connectivity index (χ4n) is 5.34. The van der Waals surface area contributed by atoms with E-state index in [1.165, 1.54) is 0 Å². The summed E-state index contributed by atoms with van der Waals surface area (Å²) in [5.74, 6) is -3.57. The predicted octanol–water partition coefficient (Wildman–Crippen LogP) is 4.34. The first-order valence-electron chi connectivity index (χ1n) is 21.2. The van der Waals surface area contributed by atoms with Gasteiger partial charge in [0.25, 0.3) is 0 Å². The fraction of sp³-hybridized carbons (Fsp3) is 0.814. The number of unbranched alkanes of at least 4 members (excludes halogenated alkanes) is 4. The van der Waals surface area contributed by atoms with E-state index in [9.17, 15) is 38.4 Å². The largest absolute Gasteiger partial charge is 0.460 e. The zero-order valence-electron chi connectivity index (χ0n) is 38.5. The van der Waals surface area contributed by atoms with Crippen LogP contribution in [0.4, 0.5) is 0 Å². The lowest BCUT2D eigenvalue weighted by Gasteiger charge is -2.25. The summed E-state index contributed by atoms with van der Waals surface area (Å²) in [6.45, 7) is 21.5. The number of carbonyl (C=O) groups is 8. The third kappa shape index (κ3) is 31.6. The Kier molecular flexibility index (Phi) is 24.9. The van der Waals surface area contributed by atoms with Crippen LogP contribution in [-0.2, 0) is 57.3 Å². The van der Waals surface area contributed by atoms with E-state index in [0.29, 0.717) is 51.6 Å². The maximum absolute atomic E-state index is 12.7. The Morgan fingerprint density at radius 3 is 1.17 bits per heavy atom. The molecule has 0 rings (SSSR count). The lowest BCUT2D eigenvalue weighted by atomic mass is 10.1. The van der Waals surface area contributed by atoms with Crippen LogP contribution in [0.3, 0.4) is 0 Å². The number of nitrogens with one attached hydrogen (secondary N) is 4. The second-order valence-corrected chi connectivity index (χ2v) is 19.0. The number of nitrogens with two attached hydrogens (primary N) is 1. The molecule has 346 valence electrons. The van der Waals surface area contributed by atoms with Gasteiger partial charge in [0.1, 0.15) is 34.5 Å². The van der Waals surface area contributed by atoms with Gasteiger partial charge in [0.2, 0.25) is 23.6 Å². The molecule has 0 aliphatic heterocycles. The van der Waals surface area contributed by atoms with Crippen LogP contribution < -0.4 is 27.0 Å². The van der Waals surface area contributed by atoms with Crippen LogP contribution in [0.15, 0.2) is 0 Å². The molecule has 0 saturated carbocycles. The highest BCUT2D eigenvalue weighted by Gasteiger charge is 2.30.